The third kappa shape index (κ3) is 5.46. The van der Waals surface area contributed by atoms with E-state index in [1.54, 1.807) is 7.11 Å². The van der Waals surface area contributed by atoms with E-state index in [1.165, 1.54) is 4.31 Å². The number of hydrogen-bond acceptors (Lipinski definition) is 5. The first-order chi connectivity index (χ1) is 14.7. The van der Waals surface area contributed by atoms with Crippen molar-refractivity contribution in [1.29, 1.82) is 0 Å². The number of carbonyl (C=O) groups excluding carboxylic acids is 1. The number of esters is 1. The quantitative estimate of drug-likeness (QED) is 0.606. The summed E-state index contributed by atoms with van der Waals surface area (Å²) in [5.74, 6) is 0.286. The molecule has 0 aromatic heterocycles. The Morgan fingerprint density at radius 1 is 1.03 bits per heavy atom. The molecule has 0 radical (unpaired) electrons. The number of nitrogens with zero attached hydrogens (tertiary/aromatic N) is 1. The molecule has 1 aliphatic rings. The highest BCUT2D eigenvalue weighted by Gasteiger charge is 2.34. The van der Waals surface area contributed by atoms with E-state index in [4.69, 9.17) is 9.47 Å². The van der Waals surface area contributed by atoms with Gasteiger partial charge in [-0.3, -0.25) is 4.79 Å². The lowest BCUT2D eigenvalue weighted by Crippen LogP contribution is -2.41. The number of carbonyl (C=O) groups is 1. The van der Waals surface area contributed by atoms with Crippen molar-refractivity contribution in [3.05, 3.63) is 58.7 Å². The lowest BCUT2D eigenvalue weighted by molar-refractivity contribution is -0.149. The SMILES string of the molecule is COc1ccc(CCOC(=O)C2CCN(S(=O)(=O)c3c(C)cc(C)cc3C)CC2)cc1. The number of ether oxygens (including phenoxy) is 2. The van der Waals surface area contributed by atoms with E-state index >= 15 is 0 Å². The van der Waals surface area contributed by atoms with Crippen LogP contribution in [0.25, 0.3) is 0 Å². The zero-order chi connectivity index (χ0) is 22.6. The molecule has 0 saturated carbocycles. The van der Waals surface area contributed by atoms with Gasteiger partial charge in [-0.05, 0) is 62.4 Å². The maximum absolute atomic E-state index is 13.2. The van der Waals surface area contributed by atoms with E-state index in [1.807, 2.05) is 57.2 Å². The van der Waals surface area contributed by atoms with Gasteiger partial charge in [0, 0.05) is 19.5 Å². The molecule has 1 heterocycles. The van der Waals surface area contributed by atoms with Crippen LogP contribution in [0.5, 0.6) is 5.75 Å². The third-order valence-electron chi connectivity index (χ3n) is 5.78. The van der Waals surface area contributed by atoms with Crippen molar-refractivity contribution < 1.29 is 22.7 Å². The fourth-order valence-corrected chi connectivity index (χ4v) is 6.10. The molecule has 2 aromatic carbocycles. The van der Waals surface area contributed by atoms with Crippen molar-refractivity contribution in [2.75, 3.05) is 26.8 Å². The monoisotopic (exact) mass is 445 g/mol. The lowest BCUT2D eigenvalue weighted by atomic mass is 9.98. The summed E-state index contributed by atoms with van der Waals surface area (Å²) < 4.78 is 38.5. The molecule has 0 aliphatic carbocycles. The van der Waals surface area contributed by atoms with Crippen molar-refractivity contribution in [2.45, 2.75) is 44.9 Å². The fourth-order valence-electron chi connectivity index (χ4n) is 4.21. The predicted octanol–water partition coefficient (Wildman–Crippen LogP) is 3.81. The molecule has 0 unspecified atom stereocenters. The molecule has 1 fully saturated rings. The summed E-state index contributed by atoms with van der Waals surface area (Å²) >= 11 is 0. The molecule has 1 saturated heterocycles. The standard InChI is InChI=1S/C24H31NO5S/c1-17-15-18(2)23(19(3)16-17)31(27,28)25-12-9-21(10-13-25)24(26)30-14-11-20-5-7-22(29-4)8-6-20/h5-8,15-16,21H,9-14H2,1-4H3. The summed E-state index contributed by atoms with van der Waals surface area (Å²) in [5, 5.41) is 0. The first-order valence-electron chi connectivity index (χ1n) is 10.6. The Bertz CT molecular complexity index is 999. The fraction of sp³-hybridized carbons (Fsp3) is 0.458. The average Bonchev–Trinajstić information content (AvgIpc) is 2.73. The zero-order valence-electron chi connectivity index (χ0n) is 18.7. The summed E-state index contributed by atoms with van der Waals surface area (Å²) in [6.45, 7) is 6.59. The first-order valence-corrected chi connectivity index (χ1v) is 12.0. The molecular formula is C24H31NO5S. The maximum Gasteiger partial charge on any atom is 0.309 e. The van der Waals surface area contributed by atoms with Gasteiger partial charge in [-0.25, -0.2) is 8.42 Å². The first kappa shape index (κ1) is 23.3. The van der Waals surface area contributed by atoms with Gasteiger partial charge in [0.05, 0.1) is 24.5 Å². The van der Waals surface area contributed by atoms with Gasteiger partial charge in [-0.15, -0.1) is 0 Å². The second kappa shape index (κ2) is 9.83. The van der Waals surface area contributed by atoms with Crippen molar-refractivity contribution in [3.63, 3.8) is 0 Å². The molecule has 0 bridgehead atoms. The predicted molar refractivity (Wildman–Crippen MR) is 120 cm³/mol. The maximum atomic E-state index is 13.2. The Kier molecular flexibility index (Phi) is 7.38. The number of hydrogen-bond donors (Lipinski definition) is 0. The number of sulfonamides is 1. The highest BCUT2D eigenvalue weighted by Crippen LogP contribution is 2.29. The van der Waals surface area contributed by atoms with Gasteiger partial charge in [0.25, 0.3) is 0 Å². The van der Waals surface area contributed by atoms with Crippen molar-refractivity contribution in [3.8, 4) is 5.75 Å². The summed E-state index contributed by atoms with van der Waals surface area (Å²) in [6, 6.07) is 11.4. The van der Waals surface area contributed by atoms with Crippen molar-refractivity contribution in [1.82, 2.24) is 4.31 Å². The number of benzene rings is 2. The lowest BCUT2D eigenvalue weighted by Gasteiger charge is -2.31. The van der Waals surface area contributed by atoms with Gasteiger partial charge >= 0.3 is 5.97 Å². The van der Waals surface area contributed by atoms with Gasteiger partial charge in [0.15, 0.2) is 0 Å². The minimum atomic E-state index is -3.58. The van der Waals surface area contributed by atoms with Gasteiger partial charge in [-0.1, -0.05) is 29.8 Å². The molecule has 31 heavy (non-hydrogen) atoms. The molecule has 0 atom stereocenters. The molecule has 3 rings (SSSR count). The Balaban J connectivity index is 1.53. The topological polar surface area (TPSA) is 72.9 Å². The van der Waals surface area contributed by atoms with Gasteiger partial charge < -0.3 is 9.47 Å². The molecule has 0 amide bonds. The van der Waals surface area contributed by atoms with E-state index in [9.17, 15) is 13.2 Å². The summed E-state index contributed by atoms with van der Waals surface area (Å²) in [4.78, 5) is 12.8. The largest absolute Gasteiger partial charge is 0.497 e. The van der Waals surface area contributed by atoms with Crippen molar-refractivity contribution in [2.24, 2.45) is 5.92 Å². The highest BCUT2D eigenvalue weighted by atomic mass is 32.2. The number of piperidine rings is 1. The normalized spacial score (nSPS) is 15.6. The molecule has 7 heteroatoms. The van der Waals surface area contributed by atoms with Crippen LogP contribution in [-0.2, 0) is 26.0 Å². The smallest absolute Gasteiger partial charge is 0.309 e. The van der Waals surface area contributed by atoms with E-state index < -0.39 is 10.0 Å². The van der Waals surface area contributed by atoms with Crippen LogP contribution in [0, 0.1) is 26.7 Å². The molecule has 1 aliphatic heterocycles. The van der Waals surface area contributed by atoms with Crippen LogP contribution in [0.3, 0.4) is 0 Å². The molecule has 2 aromatic rings. The van der Waals surface area contributed by atoms with Crippen LogP contribution in [0.15, 0.2) is 41.3 Å². The molecular weight excluding hydrogens is 414 g/mol. The minimum absolute atomic E-state index is 0.242. The Morgan fingerprint density at radius 2 is 1.61 bits per heavy atom. The molecule has 0 N–H and O–H groups in total. The van der Waals surface area contributed by atoms with Crippen LogP contribution < -0.4 is 4.74 Å². The summed E-state index contributed by atoms with van der Waals surface area (Å²) in [5.41, 5.74) is 3.64. The Morgan fingerprint density at radius 3 is 2.16 bits per heavy atom. The van der Waals surface area contributed by atoms with Crippen LogP contribution >= 0.6 is 0 Å². The van der Waals surface area contributed by atoms with Gasteiger partial charge in [0.2, 0.25) is 10.0 Å². The molecule has 6 nitrogen and oxygen atoms in total. The van der Waals surface area contributed by atoms with Crippen molar-refractivity contribution >= 4 is 16.0 Å². The number of aryl methyl sites for hydroxylation is 3. The Hall–Kier alpha value is -2.38. The minimum Gasteiger partial charge on any atom is -0.497 e. The van der Waals surface area contributed by atoms with E-state index in [-0.39, 0.29) is 11.9 Å². The van der Waals surface area contributed by atoms with Crippen LogP contribution in [0.1, 0.15) is 35.1 Å². The van der Waals surface area contributed by atoms with Crippen LogP contribution in [-0.4, -0.2) is 45.5 Å². The summed E-state index contributed by atoms with van der Waals surface area (Å²) in [6.07, 6.45) is 1.59. The molecule has 168 valence electrons. The molecule has 0 spiro atoms. The third-order valence-corrected chi connectivity index (χ3v) is 7.99. The second-order valence-electron chi connectivity index (χ2n) is 8.17. The number of methoxy groups -OCH3 is 1. The van der Waals surface area contributed by atoms with Gasteiger partial charge in [-0.2, -0.15) is 4.31 Å². The van der Waals surface area contributed by atoms with Gasteiger partial charge in [0.1, 0.15) is 5.75 Å². The zero-order valence-corrected chi connectivity index (χ0v) is 19.5. The van der Waals surface area contributed by atoms with E-state index in [0.29, 0.717) is 43.9 Å². The Labute approximate surface area is 185 Å². The summed E-state index contributed by atoms with van der Waals surface area (Å²) in [7, 11) is -1.96. The van der Waals surface area contributed by atoms with E-state index in [0.717, 1.165) is 28.0 Å². The highest BCUT2D eigenvalue weighted by molar-refractivity contribution is 7.89. The second-order valence-corrected chi connectivity index (χ2v) is 10.0. The van der Waals surface area contributed by atoms with Crippen LogP contribution in [0.2, 0.25) is 0 Å². The van der Waals surface area contributed by atoms with E-state index in [2.05, 4.69) is 0 Å². The average molecular weight is 446 g/mol. The van der Waals surface area contributed by atoms with Crippen LogP contribution in [0.4, 0.5) is 0 Å². The number of rotatable bonds is 7.